The maximum atomic E-state index is 12.7. The van der Waals surface area contributed by atoms with Crippen molar-refractivity contribution in [2.45, 2.75) is 17.7 Å². The molecule has 0 saturated heterocycles. The average molecular weight is 488 g/mol. The number of carbonyl (C=O) groups is 1. The number of carbonyl (C=O) groups excluding carboxylic acids is 1. The van der Waals surface area contributed by atoms with Gasteiger partial charge in [-0.3, -0.25) is 19.6 Å². The van der Waals surface area contributed by atoms with E-state index in [9.17, 15) is 13.2 Å². The van der Waals surface area contributed by atoms with E-state index in [1.807, 2.05) is 30.3 Å². The summed E-state index contributed by atoms with van der Waals surface area (Å²) in [6, 6.07) is 15.5. The van der Waals surface area contributed by atoms with Gasteiger partial charge in [0.2, 0.25) is 0 Å². The fraction of sp³-hybridized carbons (Fsp3) is 0.150. The zero-order valence-electron chi connectivity index (χ0n) is 15.7. The summed E-state index contributed by atoms with van der Waals surface area (Å²) in [6.45, 7) is 0.623. The first-order valence-corrected chi connectivity index (χ1v) is 11.5. The highest BCUT2D eigenvalue weighted by Crippen LogP contribution is 2.29. The van der Waals surface area contributed by atoms with Crippen LogP contribution in [0.2, 0.25) is 0 Å². The Hall–Kier alpha value is -2.98. The molecule has 10 heteroatoms. The Bertz CT molecular complexity index is 1220. The van der Waals surface area contributed by atoms with Crippen LogP contribution in [0.1, 0.15) is 23.3 Å². The maximum absolute atomic E-state index is 12.7. The van der Waals surface area contributed by atoms with Crippen LogP contribution < -0.4 is 10.0 Å². The minimum absolute atomic E-state index is 0.0450. The molecule has 0 spiro atoms. The second kappa shape index (κ2) is 8.41. The van der Waals surface area contributed by atoms with Crippen LogP contribution in [0.4, 0.5) is 5.69 Å². The van der Waals surface area contributed by atoms with Crippen LogP contribution in [0.15, 0.2) is 69.0 Å². The lowest BCUT2D eigenvalue weighted by Gasteiger charge is -2.10. The van der Waals surface area contributed by atoms with Crippen LogP contribution in [0, 0.1) is 0 Å². The van der Waals surface area contributed by atoms with E-state index in [-0.39, 0.29) is 10.6 Å². The van der Waals surface area contributed by atoms with Gasteiger partial charge in [-0.25, -0.2) is 8.42 Å². The topological polar surface area (TPSA) is 116 Å². The van der Waals surface area contributed by atoms with Gasteiger partial charge in [0, 0.05) is 24.2 Å². The molecule has 2 heterocycles. The third kappa shape index (κ3) is 4.29. The summed E-state index contributed by atoms with van der Waals surface area (Å²) >= 11 is 3.42. The average Bonchev–Trinajstić information content (AvgIpc) is 3.38. The van der Waals surface area contributed by atoms with Gasteiger partial charge >= 0.3 is 0 Å². The molecule has 0 unspecified atom stereocenters. The van der Waals surface area contributed by atoms with E-state index in [1.54, 1.807) is 12.1 Å². The molecule has 0 fully saturated rings. The second-order valence-corrected chi connectivity index (χ2v) is 9.12. The zero-order chi connectivity index (χ0) is 21.1. The summed E-state index contributed by atoms with van der Waals surface area (Å²) in [6.07, 6.45) is 1.44. The van der Waals surface area contributed by atoms with Crippen LogP contribution in [0.25, 0.3) is 11.3 Å². The van der Waals surface area contributed by atoms with Gasteiger partial charge in [0.05, 0.1) is 9.37 Å². The first-order valence-electron chi connectivity index (χ1n) is 9.21. The van der Waals surface area contributed by atoms with E-state index >= 15 is 0 Å². The fourth-order valence-corrected chi connectivity index (χ4v) is 4.76. The van der Waals surface area contributed by atoms with Crippen LogP contribution in [0.5, 0.6) is 0 Å². The van der Waals surface area contributed by atoms with E-state index in [2.05, 4.69) is 41.2 Å². The summed E-state index contributed by atoms with van der Waals surface area (Å²) in [7, 11) is -3.77. The highest BCUT2D eigenvalue weighted by molar-refractivity contribution is 9.10. The van der Waals surface area contributed by atoms with Crippen molar-refractivity contribution in [3.05, 3.63) is 64.8 Å². The molecule has 1 aliphatic rings. The molecule has 0 saturated carbocycles. The number of nitrogens with one attached hydrogen (secondary N) is 3. The largest absolute Gasteiger partial charge is 0.321 e. The van der Waals surface area contributed by atoms with Crippen molar-refractivity contribution in [2.75, 3.05) is 11.9 Å². The Morgan fingerprint density at radius 2 is 1.90 bits per heavy atom. The van der Waals surface area contributed by atoms with Gasteiger partial charge in [-0.1, -0.05) is 36.4 Å². The second-order valence-electron chi connectivity index (χ2n) is 6.65. The Balaban J connectivity index is 1.53. The van der Waals surface area contributed by atoms with E-state index in [0.29, 0.717) is 34.7 Å². The smallest absolute Gasteiger partial charge is 0.274 e. The minimum Gasteiger partial charge on any atom is -0.321 e. The van der Waals surface area contributed by atoms with Crippen molar-refractivity contribution in [3.63, 3.8) is 0 Å². The number of hydrogen-bond donors (Lipinski definition) is 3. The molecule has 30 heavy (non-hydrogen) atoms. The molecule has 8 nitrogen and oxygen atoms in total. The molecule has 2 aromatic carbocycles. The van der Waals surface area contributed by atoms with Crippen molar-refractivity contribution in [2.24, 2.45) is 4.99 Å². The van der Waals surface area contributed by atoms with Crippen LogP contribution in [-0.2, 0) is 10.0 Å². The SMILES string of the molecule is O=C(Nc1cccc(S(=O)(=O)NC2=NCCC2)c1)c1[nH]nc(-c2ccccc2)c1Br. The summed E-state index contributed by atoms with van der Waals surface area (Å²) in [5, 5.41) is 9.65. The molecule has 4 rings (SSSR count). The molecule has 0 bridgehead atoms. The van der Waals surface area contributed by atoms with E-state index < -0.39 is 15.9 Å². The predicted octanol–water partition coefficient (Wildman–Crippen LogP) is 3.56. The Labute approximate surface area is 182 Å². The molecular weight excluding hydrogens is 470 g/mol. The quantitative estimate of drug-likeness (QED) is 0.509. The molecule has 3 aromatic rings. The lowest BCUT2D eigenvalue weighted by atomic mass is 10.1. The number of aromatic amines is 1. The van der Waals surface area contributed by atoms with Gasteiger partial charge in [0.15, 0.2) is 0 Å². The predicted molar refractivity (Wildman–Crippen MR) is 118 cm³/mol. The molecule has 0 radical (unpaired) electrons. The van der Waals surface area contributed by atoms with E-state index in [4.69, 9.17) is 0 Å². The number of H-pyrrole nitrogens is 1. The lowest BCUT2D eigenvalue weighted by Crippen LogP contribution is -2.29. The highest BCUT2D eigenvalue weighted by atomic mass is 79.9. The third-order valence-corrected chi connectivity index (χ3v) is 6.66. The molecule has 0 atom stereocenters. The minimum atomic E-state index is -3.77. The molecular formula is C20H18BrN5O3S. The Kier molecular flexibility index (Phi) is 5.69. The van der Waals surface area contributed by atoms with Gasteiger partial charge < -0.3 is 5.32 Å². The molecule has 1 amide bonds. The monoisotopic (exact) mass is 487 g/mol. The number of aliphatic imine (C=N–C) groups is 1. The summed E-state index contributed by atoms with van der Waals surface area (Å²) < 4.78 is 28.2. The first kappa shape index (κ1) is 20.3. The summed E-state index contributed by atoms with van der Waals surface area (Å²) in [5.74, 6) is 0.0125. The van der Waals surface area contributed by atoms with Gasteiger partial charge in [-0.05, 0) is 40.5 Å². The van der Waals surface area contributed by atoms with E-state index in [1.165, 1.54) is 12.1 Å². The molecule has 0 aliphatic carbocycles. The van der Waals surface area contributed by atoms with Gasteiger partial charge in [0.25, 0.3) is 15.9 Å². The number of hydrogen-bond acceptors (Lipinski definition) is 5. The highest BCUT2D eigenvalue weighted by Gasteiger charge is 2.21. The maximum Gasteiger partial charge on any atom is 0.274 e. The summed E-state index contributed by atoms with van der Waals surface area (Å²) in [4.78, 5) is 16.9. The lowest BCUT2D eigenvalue weighted by molar-refractivity contribution is 0.102. The first-order chi connectivity index (χ1) is 14.4. The van der Waals surface area contributed by atoms with Gasteiger partial charge in [-0.15, -0.1) is 0 Å². The van der Waals surface area contributed by atoms with Crippen LogP contribution in [0.3, 0.4) is 0 Å². The normalized spacial score (nSPS) is 13.7. The van der Waals surface area contributed by atoms with Crippen molar-refractivity contribution < 1.29 is 13.2 Å². The number of amides is 1. The van der Waals surface area contributed by atoms with Crippen molar-refractivity contribution >= 4 is 43.4 Å². The van der Waals surface area contributed by atoms with Crippen LogP contribution in [-0.4, -0.2) is 36.9 Å². The molecule has 154 valence electrons. The number of halogens is 1. The van der Waals surface area contributed by atoms with E-state index in [0.717, 1.165) is 12.0 Å². The number of anilines is 1. The van der Waals surface area contributed by atoms with Crippen molar-refractivity contribution in [3.8, 4) is 11.3 Å². The zero-order valence-corrected chi connectivity index (χ0v) is 18.1. The van der Waals surface area contributed by atoms with Crippen molar-refractivity contribution in [1.29, 1.82) is 0 Å². The van der Waals surface area contributed by atoms with Crippen molar-refractivity contribution in [1.82, 2.24) is 14.9 Å². The Morgan fingerprint density at radius 1 is 1.10 bits per heavy atom. The van der Waals surface area contributed by atoms with Gasteiger partial charge in [-0.2, -0.15) is 5.10 Å². The fourth-order valence-electron chi connectivity index (χ4n) is 3.04. The molecule has 1 aliphatic heterocycles. The van der Waals surface area contributed by atoms with Gasteiger partial charge in [0.1, 0.15) is 17.2 Å². The number of aromatic nitrogens is 2. The number of benzene rings is 2. The standard InChI is InChI=1S/C20H18BrN5O3S/c21-17-18(13-6-2-1-3-7-13)24-25-19(17)20(27)23-14-8-4-9-15(12-14)30(28,29)26-16-10-5-11-22-16/h1-4,6-9,12H,5,10-11H2,(H,22,26)(H,23,27)(H,24,25). The number of rotatable bonds is 5. The molecule has 3 N–H and O–H groups in total. The number of amidine groups is 1. The Morgan fingerprint density at radius 3 is 2.63 bits per heavy atom. The third-order valence-electron chi connectivity index (χ3n) is 4.51. The van der Waals surface area contributed by atoms with Crippen LogP contribution >= 0.6 is 15.9 Å². The number of nitrogens with zero attached hydrogens (tertiary/aromatic N) is 2. The molecule has 1 aromatic heterocycles. The summed E-state index contributed by atoms with van der Waals surface area (Å²) in [5.41, 5.74) is 2.05. The number of sulfonamides is 1.